The standard InChI is InChI=1S/C27H41O7P/c1-6-8-10-11-20-16-23(28)26(22-15-19(5)13-14-21(22)18(3)4)25(17-20)33-27(29)24(12-9-7-2)34-35(30,31)32/h15-17,21-22,24,28H,3,6-14H2,1-2,4-5H3,(H2,30,31,32)/t21-,22+,24?/m0/s1. The molecule has 0 amide bonds. The molecule has 1 unspecified atom stereocenters. The molecule has 0 aromatic heterocycles. The van der Waals surface area contributed by atoms with Crippen LogP contribution in [0.2, 0.25) is 0 Å². The van der Waals surface area contributed by atoms with Gasteiger partial charge in [0, 0.05) is 11.5 Å². The molecule has 7 nitrogen and oxygen atoms in total. The van der Waals surface area contributed by atoms with E-state index in [1.54, 1.807) is 12.1 Å². The Balaban J connectivity index is 2.52. The Hall–Kier alpha value is -1.92. The summed E-state index contributed by atoms with van der Waals surface area (Å²) >= 11 is 0. The second-order valence-corrected chi connectivity index (χ2v) is 10.9. The van der Waals surface area contributed by atoms with Gasteiger partial charge in [0.25, 0.3) is 0 Å². The Morgan fingerprint density at radius 2 is 1.89 bits per heavy atom. The van der Waals surface area contributed by atoms with Gasteiger partial charge in [-0.25, -0.2) is 9.36 Å². The molecule has 1 aromatic rings. The molecule has 1 aromatic carbocycles. The van der Waals surface area contributed by atoms with Crippen LogP contribution in [0.4, 0.5) is 0 Å². The molecule has 3 atom stereocenters. The fraction of sp³-hybridized carbons (Fsp3) is 0.593. The zero-order chi connectivity index (χ0) is 26.2. The maximum absolute atomic E-state index is 13.1. The highest BCUT2D eigenvalue weighted by molar-refractivity contribution is 7.46. The maximum Gasteiger partial charge on any atom is 0.470 e. The Labute approximate surface area is 209 Å². The molecule has 35 heavy (non-hydrogen) atoms. The third-order valence-corrected chi connectivity index (χ3v) is 7.05. The van der Waals surface area contributed by atoms with E-state index >= 15 is 0 Å². The SMILES string of the molecule is C=C(C)[C@@H]1CCC(C)=C[C@H]1c1c(O)cc(CCCCC)cc1OC(=O)C(CCCC)OP(=O)(O)O. The Bertz CT molecular complexity index is 963. The van der Waals surface area contributed by atoms with E-state index in [2.05, 4.69) is 19.6 Å². The smallest absolute Gasteiger partial charge is 0.470 e. The van der Waals surface area contributed by atoms with Gasteiger partial charge in [-0.3, -0.25) is 4.52 Å². The minimum atomic E-state index is -4.90. The van der Waals surface area contributed by atoms with Crippen LogP contribution in [0.25, 0.3) is 0 Å². The molecular weight excluding hydrogens is 467 g/mol. The number of benzene rings is 1. The molecule has 0 heterocycles. The number of rotatable bonds is 13. The number of phosphoric ester groups is 1. The fourth-order valence-corrected chi connectivity index (χ4v) is 5.18. The third-order valence-electron chi connectivity index (χ3n) is 6.52. The van der Waals surface area contributed by atoms with E-state index in [0.717, 1.165) is 49.7 Å². The van der Waals surface area contributed by atoms with Crippen molar-refractivity contribution in [1.82, 2.24) is 0 Å². The van der Waals surface area contributed by atoms with Crippen molar-refractivity contribution in [3.8, 4) is 11.5 Å². The molecule has 0 bridgehead atoms. The van der Waals surface area contributed by atoms with Gasteiger partial charge in [0.15, 0.2) is 6.10 Å². The third kappa shape index (κ3) is 8.91. The summed E-state index contributed by atoms with van der Waals surface area (Å²) in [6.45, 7) is 12.2. The van der Waals surface area contributed by atoms with Gasteiger partial charge in [-0.05, 0) is 69.6 Å². The minimum absolute atomic E-state index is 0.0463. The average molecular weight is 509 g/mol. The normalized spacial score (nSPS) is 19.2. The average Bonchev–Trinajstić information content (AvgIpc) is 2.75. The van der Waals surface area contributed by atoms with Gasteiger partial charge in [-0.2, -0.15) is 0 Å². The van der Waals surface area contributed by atoms with E-state index in [1.807, 2.05) is 20.8 Å². The zero-order valence-corrected chi connectivity index (χ0v) is 22.4. The van der Waals surface area contributed by atoms with Crippen molar-refractivity contribution in [1.29, 1.82) is 0 Å². The highest BCUT2D eigenvalue weighted by atomic mass is 31.2. The molecule has 2 rings (SSSR count). The molecule has 0 spiro atoms. The number of phenolic OH excluding ortho intramolecular Hbond substituents is 1. The lowest BCUT2D eigenvalue weighted by Gasteiger charge is -2.32. The molecule has 3 N–H and O–H groups in total. The monoisotopic (exact) mass is 508 g/mol. The number of hydrogen-bond acceptors (Lipinski definition) is 5. The van der Waals surface area contributed by atoms with Crippen LogP contribution in [0, 0.1) is 5.92 Å². The van der Waals surface area contributed by atoms with Gasteiger partial charge >= 0.3 is 13.8 Å². The van der Waals surface area contributed by atoms with Crippen molar-refractivity contribution in [2.75, 3.05) is 0 Å². The molecule has 1 aliphatic carbocycles. The number of aryl methyl sites for hydroxylation is 1. The Morgan fingerprint density at radius 1 is 1.20 bits per heavy atom. The first-order valence-electron chi connectivity index (χ1n) is 12.6. The summed E-state index contributed by atoms with van der Waals surface area (Å²) in [5.74, 6) is -0.790. The number of allylic oxidation sites excluding steroid dienone is 3. The largest absolute Gasteiger partial charge is 0.507 e. The zero-order valence-electron chi connectivity index (χ0n) is 21.5. The first kappa shape index (κ1) is 29.3. The van der Waals surface area contributed by atoms with Crippen LogP contribution in [-0.4, -0.2) is 27.0 Å². The lowest BCUT2D eigenvalue weighted by atomic mass is 9.73. The van der Waals surface area contributed by atoms with Crippen molar-refractivity contribution < 1.29 is 33.5 Å². The summed E-state index contributed by atoms with van der Waals surface area (Å²) in [4.78, 5) is 31.7. The van der Waals surface area contributed by atoms with E-state index in [4.69, 9.17) is 9.26 Å². The van der Waals surface area contributed by atoms with Crippen LogP contribution in [0.15, 0.2) is 35.9 Å². The lowest BCUT2D eigenvalue weighted by Crippen LogP contribution is -2.29. The van der Waals surface area contributed by atoms with Crippen molar-refractivity contribution in [3.63, 3.8) is 0 Å². The molecule has 1 aliphatic rings. The number of carbonyl (C=O) groups is 1. The number of esters is 1. The maximum atomic E-state index is 13.1. The van der Waals surface area contributed by atoms with E-state index in [-0.39, 0.29) is 29.8 Å². The fourth-order valence-electron chi connectivity index (χ4n) is 4.66. The number of carbonyl (C=O) groups excluding carboxylic acids is 1. The van der Waals surface area contributed by atoms with Crippen molar-refractivity contribution in [3.05, 3.63) is 47.1 Å². The lowest BCUT2D eigenvalue weighted by molar-refractivity contribution is -0.143. The number of ether oxygens (including phenoxy) is 1. The number of phosphoric acid groups is 1. The van der Waals surface area contributed by atoms with Crippen LogP contribution in [0.3, 0.4) is 0 Å². The molecule has 0 saturated carbocycles. The minimum Gasteiger partial charge on any atom is -0.507 e. The van der Waals surface area contributed by atoms with E-state index in [0.29, 0.717) is 18.4 Å². The first-order valence-corrected chi connectivity index (χ1v) is 14.1. The molecule has 196 valence electrons. The molecule has 8 heteroatoms. The van der Waals surface area contributed by atoms with E-state index in [1.165, 1.54) is 5.57 Å². The van der Waals surface area contributed by atoms with Crippen molar-refractivity contribution in [2.45, 2.75) is 97.5 Å². The number of aromatic hydroxyl groups is 1. The van der Waals surface area contributed by atoms with Crippen LogP contribution < -0.4 is 4.74 Å². The predicted molar refractivity (Wildman–Crippen MR) is 137 cm³/mol. The van der Waals surface area contributed by atoms with Crippen LogP contribution in [-0.2, 0) is 20.3 Å². The van der Waals surface area contributed by atoms with Gasteiger partial charge in [0.05, 0.1) is 0 Å². The predicted octanol–water partition coefficient (Wildman–Crippen LogP) is 6.71. The Kier molecular flexibility index (Phi) is 11.2. The summed E-state index contributed by atoms with van der Waals surface area (Å²) in [6, 6.07) is 3.50. The first-order chi connectivity index (χ1) is 16.5. The van der Waals surface area contributed by atoms with Gasteiger partial charge in [-0.1, -0.05) is 63.3 Å². The second kappa shape index (κ2) is 13.4. The van der Waals surface area contributed by atoms with E-state index in [9.17, 15) is 24.3 Å². The van der Waals surface area contributed by atoms with Gasteiger partial charge in [0.1, 0.15) is 11.5 Å². The van der Waals surface area contributed by atoms with Crippen LogP contribution in [0.5, 0.6) is 11.5 Å². The molecule has 0 aliphatic heterocycles. The highest BCUT2D eigenvalue weighted by Crippen LogP contribution is 2.47. The van der Waals surface area contributed by atoms with Crippen molar-refractivity contribution >= 4 is 13.8 Å². The van der Waals surface area contributed by atoms with Gasteiger partial charge in [-0.15, -0.1) is 0 Å². The van der Waals surface area contributed by atoms with Crippen LogP contribution in [0.1, 0.15) is 96.1 Å². The summed E-state index contributed by atoms with van der Waals surface area (Å²) in [6.07, 6.45) is 7.59. The highest BCUT2D eigenvalue weighted by Gasteiger charge is 2.34. The molecule has 0 saturated heterocycles. The Morgan fingerprint density at radius 3 is 2.49 bits per heavy atom. The quantitative estimate of drug-likeness (QED) is 0.0891. The topological polar surface area (TPSA) is 113 Å². The van der Waals surface area contributed by atoms with Crippen LogP contribution >= 0.6 is 7.82 Å². The number of phenols is 1. The molecule has 0 radical (unpaired) electrons. The van der Waals surface area contributed by atoms with Gasteiger partial charge in [0.2, 0.25) is 0 Å². The summed E-state index contributed by atoms with van der Waals surface area (Å²) in [7, 11) is -4.90. The van der Waals surface area contributed by atoms with Gasteiger partial charge < -0.3 is 19.6 Å². The summed E-state index contributed by atoms with van der Waals surface area (Å²) in [5.41, 5.74) is 3.50. The number of unbranched alkanes of at least 4 members (excludes halogenated alkanes) is 3. The second-order valence-electron chi connectivity index (χ2n) is 9.66. The number of hydrogen-bond donors (Lipinski definition) is 3. The summed E-state index contributed by atoms with van der Waals surface area (Å²) in [5, 5.41) is 11.1. The molecule has 0 fully saturated rings. The summed E-state index contributed by atoms with van der Waals surface area (Å²) < 4.78 is 22.0. The van der Waals surface area contributed by atoms with E-state index < -0.39 is 19.9 Å². The van der Waals surface area contributed by atoms with Crippen molar-refractivity contribution in [2.24, 2.45) is 5.92 Å². The molecular formula is C27H41O7P.